The highest BCUT2D eigenvalue weighted by Gasteiger charge is 2.22. The molecule has 5 heteroatoms. The fourth-order valence-corrected chi connectivity index (χ4v) is 0.856. The monoisotopic (exact) mass is 186 g/mol. The van der Waals surface area contributed by atoms with E-state index >= 15 is 0 Å². The van der Waals surface area contributed by atoms with E-state index in [0.29, 0.717) is 0 Å². The highest BCUT2D eigenvalue weighted by atomic mass is 16.5. The van der Waals surface area contributed by atoms with Gasteiger partial charge in [-0.25, -0.2) is 0 Å². The van der Waals surface area contributed by atoms with Crippen LogP contribution < -0.4 is 0 Å². The molecule has 0 amide bonds. The molecule has 1 aliphatic rings. The number of carbonyl (C=O) groups excluding carboxylic acids is 2. The molecule has 0 aromatic carbocycles. The van der Waals surface area contributed by atoms with Crippen molar-refractivity contribution >= 4 is 11.6 Å². The molecule has 0 saturated carbocycles. The Morgan fingerprint density at radius 3 is 1.69 bits per heavy atom. The Bertz CT molecular complexity index is 261. The number of rotatable bonds is 2. The molecule has 0 aromatic rings. The van der Waals surface area contributed by atoms with Gasteiger partial charge in [0.05, 0.1) is 14.2 Å². The Morgan fingerprint density at radius 1 is 1.00 bits per heavy atom. The van der Waals surface area contributed by atoms with Crippen LogP contribution in [0.3, 0.4) is 0 Å². The zero-order valence-electron chi connectivity index (χ0n) is 7.29. The molecular formula is C8H10O5. The number of hydrogen-bond donors (Lipinski definition) is 0. The summed E-state index contributed by atoms with van der Waals surface area (Å²) in [5.41, 5.74) is 0. The van der Waals surface area contributed by atoms with Crippen molar-refractivity contribution in [3.8, 4) is 0 Å². The normalized spacial score (nSPS) is 15.5. The van der Waals surface area contributed by atoms with Crippen molar-refractivity contribution in [2.75, 3.05) is 14.2 Å². The molecular weight excluding hydrogens is 176 g/mol. The maximum atomic E-state index is 11.2. The summed E-state index contributed by atoms with van der Waals surface area (Å²) < 4.78 is 9.35. The smallest absolute Gasteiger partial charge is 0.262 e. The van der Waals surface area contributed by atoms with Gasteiger partial charge in [0.25, 0.3) is 5.78 Å². The van der Waals surface area contributed by atoms with Crippen LogP contribution in [0.1, 0.15) is 0 Å². The second kappa shape index (κ2) is 4.42. The highest BCUT2D eigenvalue weighted by Crippen LogP contribution is 2.13. The second-order valence-corrected chi connectivity index (χ2v) is 2.16. The third kappa shape index (κ3) is 2.16. The van der Waals surface area contributed by atoms with Crippen LogP contribution in [-0.4, -0.2) is 31.3 Å². The summed E-state index contributed by atoms with van der Waals surface area (Å²) in [4.78, 5) is 22.1. The zero-order valence-corrected chi connectivity index (χ0v) is 7.29. The largest absolute Gasteiger partial charge is 0.492 e. The fourth-order valence-electron chi connectivity index (χ4n) is 0.856. The first-order valence-corrected chi connectivity index (χ1v) is 3.29. The standard InChI is InChI=1S/C8H8O4.H2O/c1-11-6-3-5(9)4-7(12-2)8(6)10;/h3-4H,1-2H3;1H2. The van der Waals surface area contributed by atoms with Gasteiger partial charge in [0, 0.05) is 12.2 Å². The van der Waals surface area contributed by atoms with E-state index in [9.17, 15) is 9.59 Å². The lowest BCUT2D eigenvalue weighted by Gasteiger charge is -2.10. The number of methoxy groups -OCH3 is 2. The molecule has 0 atom stereocenters. The lowest BCUT2D eigenvalue weighted by molar-refractivity contribution is -0.120. The Hall–Kier alpha value is -1.62. The summed E-state index contributed by atoms with van der Waals surface area (Å²) in [6.45, 7) is 0. The molecule has 72 valence electrons. The fraction of sp³-hybridized carbons (Fsp3) is 0.250. The molecule has 0 fully saturated rings. The van der Waals surface area contributed by atoms with Crippen LogP contribution in [0.25, 0.3) is 0 Å². The van der Waals surface area contributed by atoms with Crippen molar-refractivity contribution in [1.82, 2.24) is 0 Å². The molecule has 2 N–H and O–H groups in total. The van der Waals surface area contributed by atoms with Gasteiger partial charge in [-0.15, -0.1) is 0 Å². The highest BCUT2D eigenvalue weighted by molar-refractivity contribution is 6.18. The minimum absolute atomic E-state index is 0. The van der Waals surface area contributed by atoms with E-state index in [1.165, 1.54) is 14.2 Å². The number of ketones is 2. The Balaban J connectivity index is 0.00000144. The molecule has 0 bridgehead atoms. The predicted molar refractivity (Wildman–Crippen MR) is 43.8 cm³/mol. The molecule has 1 aliphatic carbocycles. The van der Waals surface area contributed by atoms with Crippen LogP contribution in [0.15, 0.2) is 23.7 Å². The van der Waals surface area contributed by atoms with Crippen LogP contribution in [-0.2, 0) is 19.1 Å². The van der Waals surface area contributed by atoms with Gasteiger partial charge in [0.15, 0.2) is 17.3 Å². The first-order chi connectivity index (χ1) is 5.69. The van der Waals surface area contributed by atoms with Crippen LogP contribution in [0.2, 0.25) is 0 Å². The third-order valence-corrected chi connectivity index (χ3v) is 1.43. The Labute approximate surface area is 74.9 Å². The van der Waals surface area contributed by atoms with Crippen molar-refractivity contribution in [2.45, 2.75) is 0 Å². The van der Waals surface area contributed by atoms with Crippen molar-refractivity contribution in [3.05, 3.63) is 23.7 Å². The molecule has 0 heterocycles. The van der Waals surface area contributed by atoms with E-state index in [1.807, 2.05) is 0 Å². The van der Waals surface area contributed by atoms with Gasteiger partial charge in [0.1, 0.15) is 0 Å². The molecule has 5 nitrogen and oxygen atoms in total. The van der Waals surface area contributed by atoms with Crippen molar-refractivity contribution in [2.24, 2.45) is 0 Å². The molecule has 0 radical (unpaired) electrons. The maximum Gasteiger partial charge on any atom is 0.262 e. The Morgan fingerprint density at radius 2 is 1.38 bits per heavy atom. The number of Topliss-reactive ketones (excluding diaryl/α,β-unsaturated/α-hetero) is 1. The van der Waals surface area contributed by atoms with Gasteiger partial charge >= 0.3 is 0 Å². The summed E-state index contributed by atoms with van der Waals surface area (Å²) in [6.07, 6.45) is 2.26. The lowest BCUT2D eigenvalue weighted by atomic mass is 10.1. The maximum absolute atomic E-state index is 11.2. The number of carbonyl (C=O) groups is 2. The topological polar surface area (TPSA) is 84.1 Å². The van der Waals surface area contributed by atoms with E-state index < -0.39 is 5.78 Å². The quantitative estimate of drug-likeness (QED) is 0.537. The van der Waals surface area contributed by atoms with E-state index in [0.717, 1.165) is 12.2 Å². The zero-order chi connectivity index (χ0) is 9.14. The third-order valence-electron chi connectivity index (χ3n) is 1.43. The van der Waals surface area contributed by atoms with Crippen LogP contribution in [0.4, 0.5) is 0 Å². The van der Waals surface area contributed by atoms with Gasteiger partial charge in [-0.3, -0.25) is 9.59 Å². The number of ether oxygens (including phenoxy) is 2. The van der Waals surface area contributed by atoms with Crippen LogP contribution in [0, 0.1) is 0 Å². The summed E-state index contributed by atoms with van der Waals surface area (Å²) in [6, 6.07) is 0. The van der Waals surface area contributed by atoms with Gasteiger partial charge in [-0.2, -0.15) is 0 Å². The van der Waals surface area contributed by atoms with Crippen molar-refractivity contribution in [1.29, 1.82) is 0 Å². The minimum Gasteiger partial charge on any atom is -0.492 e. The van der Waals surface area contributed by atoms with E-state index in [2.05, 4.69) is 9.47 Å². The summed E-state index contributed by atoms with van der Waals surface area (Å²) in [5.74, 6) is -0.679. The van der Waals surface area contributed by atoms with Gasteiger partial charge < -0.3 is 14.9 Å². The number of allylic oxidation sites excluding steroid dienone is 2. The molecule has 0 aromatic heterocycles. The number of hydrogen-bond acceptors (Lipinski definition) is 4. The SMILES string of the molecule is COC1=CC(=O)C=C(OC)C1=O.O. The van der Waals surface area contributed by atoms with Gasteiger partial charge in [0.2, 0.25) is 0 Å². The molecule has 0 aliphatic heterocycles. The summed E-state index contributed by atoms with van der Waals surface area (Å²) >= 11 is 0. The van der Waals surface area contributed by atoms with Crippen molar-refractivity contribution in [3.63, 3.8) is 0 Å². The first-order valence-electron chi connectivity index (χ1n) is 3.29. The van der Waals surface area contributed by atoms with Gasteiger partial charge in [-0.05, 0) is 0 Å². The van der Waals surface area contributed by atoms with E-state index in [4.69, 9.17) is 0 Å². The van der Waals surface area contributed by atoms with Crippen molar-refractivity contribution < 1.29 is 24.5 Å². The average molecular weight is 186 g/mol. The molecule has 0 saturated heterocycles. The molecule has 0 unspecified atom stereocenters. The van der Waals surface area contributed by atoms with E-state index in [-0.39, 0.29) is 22.8 Å². The van der Waals surface area contributed by atoms with E-state index in [1.54, 1.807) is 0 Å². The Kier molecular flexibility index (Phi) is 3.87. The minimum atomic E-state index is -0.403. The van der Waals surface area contributed by atoms with Gasteiger partial charge in [-0.1, -0.05) is 0 Å². The molecule has 0 spiro atoms. The predicted octanol–water partition coefficient (Wildman–Crippen LogP) is -0.626. The van der Waals surface area contributed by atoms with Crippen LogP contribution >= 0.6 is 0 Å². The average Bonchev–Trinajstić information content (AvgIpc) is 2.08. The summed E-state index contributed by atoms with van der Waals surface area (Å²) in [7, 11) is 2.66. The molecule has 13 heavy (non-hydrogen) atoms. The van der Waals surface area contributed by atoms with Crippen LogP contribution in [0.5, 0.6) is 0 Å². The second-order valence-electron chi connectivity index (χ2n) is 2.16. The first kappa shape index (κ1) is 11.4. The molecule has 1 rings (SSSR count). The summed E-state index contributed by atoms with van der Waals surface area (Å²) in [5, 5.41) is 0. The lowest BCUT2D eigenvalue weighted by Crippen LogP contribution is -2.16.